The van der Waals surface area contributed by atoms with Crippen LogP contribution in [0.5, 0.6) is 5.75 Å². The summed E-state index contributed by atoms with van der Waals surface area (Å²) in [5, 5.41) is 9.10. The third-order valence-corrected chi connectivity index (χ3v) is 3.14. The van der Waals surface area contributed by atoms with Crippen molar-refractivity contribution in [1.29, 1.82) is 0 Å². The number of nitrogens with two attached hydrogens (primary N) is 1. The van der Waals surface area contributed by atoms with Gasteiger partial charge in [-0.1, -0.05) is 13.0 Å². The fourth-order valence-corrected chi connectivity index (χ4v) is 2.07. The summed E-state index contributed by atoms with van der Waals surface area (Å²) >= 11 is 0. The third kappa shape index (κ3) is 8.17. The Balaban J connectivity index is 2.81. The van der Waals surface area contributed by atoms with E-state index in [-0.39, 0.29) is 11.6 Å². The molecule has 0 saturated carbocycles. The first-order valence-corrected chi connectivity index (χ1v) is 8.61. The predicted molar refractivity (Wildman–Crippen MR) is 99.5 cm³/mol. The van der Waals surface area contributed by atoms with Crippen LogP contribution in [0.15, 0.2) is 18.2 Å². The molecule has 0 saturated heterocycles. The van der Waals surface area contributed by atoms with E-state index in [0.29, 0.717) is 24.6 Å². The Labute approximate surface area is 145 Å². The number of hydrogen-bond acceptors (Lipinski definition) is 4. The van der Waals surface area contributed by atoms with Crippen LogP contribution in [0.1, 0.15) is 46.1 Å². The maximum atomic E-state index is 12.1. The second-order valence-electron chi connectivity index (χ2n) is 6.83. The average molecular weight is 336 g/mol. The molecule has 0 spiro atoms. The second-order valence-corrected chi connectivity index (χ2v) is 6.83. The number of ether oxygens (including phenoxy) is 1. The molecule has 6 heteroatoms. The van der Waals surface area contributed by atoms with Gasteiger partial charge in [0.25, 0.3) is 0 Å². The standard InChI is InChI=1S/C18H32N4O2/c1-5-10-20-13-14-7-8-15(16(12-14)24-11-6-9-19)21-17(23)22-18(2,3)4/h7-8,12,20H,5-6,9-11,13,19H2,1-4H3,(H2,21,22,23). The van der Waals surface area contributed by atoms with Crippen molar-refractivity contribution in [2.45, 2.75) is 52.6 Å². The smallest absolute Gasteiger partial charge is 0.319 e. The summed E-state index contributed by atoms with van der Waals surface area (Å²) < 4.78 is 5.81. The van der Waals surface area contributed by atoms with Crippen molar-refractivity contribution in [3.8, 4) is 5.75 Å². The van der Waals surface area contributed by atoms with Crippen LogP contribution >= 0.6 is 0 Å². The number of carbonyl (C=O) groups excluding carboxylic acids is 1. The number of rotatable bonds is 9. The van der Waals surface area contributed by atoms with E-state index in [1.165, 1.54) is 0 Å². The van der Waals surface area contributed by atoms with E-state index in [4.69, 9.17) is 10.5 Å². The van der Waals surface area contributed by atoms with Crippen LogP contribution in [-0.4, -0.2) is 31.3 Å². The van der Waals surface area contributed by atoms with E-state index in [1.54, 1.807) is 0 Å². The summed E-state index contributed by atoms with van der Waals surface area (Å²) in [6, 6.07) is 5.59. The lowest BCUT2D eigenvalue weighted by atomic mass is 10.1. The Morgan fingerprint density at radius 3 is 2.67 bits per heavy atom. The molecule has 0 aliphatic carbocycles. The van der Waals surface area contributed by atoms with Crippen molar-refractivity contribution >= 4 is 11.7 Å². The quantitative estimate of drug-likeness (QED) is 0.522. The van der Waals surface area contributed by atoms with E-state index in [0.717, 1.165) is 31.5 Å². The molecule has 24 heavy (non-hydrogen) atoms. The molecule has 0 unspecified atom stereocenters. The zero-order valence-electron chi connectivity index (χ0n) is 15.4. The number of urea groups is 1. The van der Waals surface area contributed by atoms with Crippen molar-refractivity contribution in [2.75, 3.05) is 25.0 Å². The first-order valence-electron chi connectivity index (χ1n) is 8.61. The van der Waals surface area contributed by atoms with E-state index >= 15 is 0 Å². The number of nitrogens with one attached hydrogen (secondary N) is 3. The van der Waals surface area contributed by atoms with Gasteiger partial charge in [0.05, 0.1) is 12.3 Å². The molecule has 1 rings (SSSR count). The highest BCUT2D eigenvalue weighted by Crippen LogP contribution is 2.26. The SMILES string of the molecule is CCCNCc1ccc(NC(=O)NC(C)(C)C)c(OCCCN)c1. The highest BCUT2D eigenvalue weighted by Gasteiger charge is 2.15. The predicted octanol–water partition coefficient (Wildman–Crippen LogP) is 2.83. The van der Waals surface area contributed by atoms with Gasteiger partial charge in [-0.25, -0.2) is 4.79 Å². The molecule has 5 N–H and O–H groups in total. The zero-order chi connectivity index (χ0) is 18.0. The molecule has 0 radical (unpaired) electrons. The second kappa shape index (κ2) is 10.2. The van der Waals surface area contributed by atoms with Crippen LogP contribution < -0.4 is 26.4 Å². The molecular formula is C18H32N4O2. The van der Waals surface area contributed by atoms with Crippen molar-refractivity contribution in [1.82, 2.24) is 10.6 Å². The molecule has 1 aromatic carbocycles. The Morgan fingerprint density at radius 1 is 1.29 bits per heavy atom. The van der Waals surface area contributed by atoms with Gasteiger partial charge >= 0.3 is 6.03 Å². The van der Waals surface area contributed by atoms with Crippen molar-refractivity contribution in [2.24, 2.45) is 5.73 Å². The number of benzene rings is 1. The van der Waals surface area contributed by atoms with Crippen LogP contribution in [-0.2, 0) is 6.54 Å². The molecule has 0 fully saturated rings. The lowest BCUT2D eigenvalue weighted by Crippen LogP contribution is -2.43. The molecule has 2 amide bonds. The number of amides is 2. The molecule has 1 aromatic rings. The van der Waals surface area contributed by atoms with Crippen LogP contribution in [0.3, 0.4) is 0 Å². The lowest BCUT2D eigenvalue weighted by molar-refractivity contribution is 0.243. The van der Waals surface area contributed by atoms with Gasteiger partial charge < -0.3 is 26.4 Å². The van der Waals surface area contributed by atoms with Gasteiger partial charge in [0.2, 0.25) is 0 Å². The van der Waals surface area contributed by atoms with Gasteiger partial charge in [0, 0.05) is 12.1 Å². The van der Waals surface area contributed by atoms with Gasteiger partial charge in [-0.2, -0.15) is 0 Å². The fourth-order valence-electron chi connectivity index (χ4n) is 2.07. The fraction of sp³-hybridized carbons (Fsp3) is 0.611. The van der Waals surface area contributed by atoms with Crippen molar-refractivity contribution < 1.29 is 9.53 Å². The Morgan fingerprint density at radius 2 is 2.04 bits per heavy atom. The monoisotopic (exact) mass is 336 g/mol. The summed E-state index contributed by atoms with van der Waals surface area (Å²) in [5.74, 6) is 0.670. The first kappa shape index (κ1) is 20.3. The number of anilines is 1. The summed E-state index contributed by atoms with van der Waals surface area (Å²) in [7, 11) is 0. The van der Waals surface area contributed by atoms with E-state index < -0.39 is 0 Å². The van der Waals surface area contributed by atoms with E-state index in [9.17, 15) is 4.79 Å². The molecule has 0 atom stereocenters. The maximum absolute atomic E-state index is 12.1. The lowest BCUT2D eigenvalue weighted by Gasteiger charge is -2.21. The Bertz CT molecular complexity index is 512. The largest absolute Gasteiger partial charge is 0.491 e. The average Bonchev–Trinajstić information content (AvgIpc) is 2.48. The number of hydrogen-bond donors (Lipinski definition) is 4. The zero-order valence-corrected chi connectivity index (χ0v) is 15.4. The molecular weight excluding hydrogens is 304 g/mol. The summed E-state index contributed by atoms with van der Waals surface area (Å²) in [6.45, 7) is 10.8. The van der Waals surface area contributed by atoms with E-state index in [2.05, 4.69) is 22.9 Å². The Hall–Kier alpha value is -1.79. The Kier molecular flexibility index (Phi) is 8.57. The summed E-state index contributed by atoms with van der Waals surface area (Å²) in [5.41, 5.74) is 7.00. The molecule has 0 aromatic heterocycles. The summed E-state index contributed by atoms with van der Waals surface area (Å²) in [4.78, 5) is 12.1. The molecule has 0 heterocycles. The maximum Gasteiger partial charge on any atom is 0.319 e. The third-order valence-electron chi connectivity index (χ3n) is 3.14. The van der Waals surface area contributed by atoms with Gasteiger partial charge in [-0.3, -0.25) is 0 Å². The highest BCUT2D eigenvalue weighted by atomic mass is 16.5. The molecule has 6 nitrogen and oxygen atoms in total. The van der Waals surface area contributed by atoms with Gasteiger partial charge in [-0.15, -0.1) is 0 Å². The van der Waals surface area contributed by atoms with Crippen LogP contribution in [0.2, 0.25) is 0 Å². The molecule has 0 aliphatic heterocycles. The van der Waals surface area contributed by atoms with Gasteiger partial charge in [0.15, 0.2) is 0 Å². The van der Waals surface area contributed by atoms with Crippen molar-refractivity contribution in [3.05, 3.63) is 23.8 Å². The first-order chi connectivity index (χ1) is 11.4. The minimum atomic E-state index is -0.297. The van der Waals surface area contributed by atoms with Crippen molar-refractivity contribution in [3.63, 3.8) is 0 Å². The number of carbonyl (C=O) groups is 1. The minimum absolute atomic E-state index is 0.247. The molecule has 0 bridgehead atoms. The van der Waals surface area contributed by atoms with Crippen LogP contribution in [0, 0.1) is 0 Å². The van der Waals surface area contributed by atoms with E-state index in [1.807, 2.05) is 39.0 Å². The molecule has 0 aliphatic rings. The van der Waals surface area contributed by atoms with Gasteiger partial charge in [0.1, 0.15) is 5.75 Å². The summed E-state index contributed by atoms with van der Waals surface area (Å²) in [6.07, 6.45) is 1.86. The van der Waals surface area contributed by atoms with Crippen LogP contribution in [0.25, 0.3) is 0 Å². The van der Waals surface area contributed by atoms with Gasteiger partial charge in [-0.05, 0) is 64.4 Å². The highest BCUT2D eigenvalue weighted by molar-refractivity contribution is 5.91. The topological polar surface area (TPSA) is 88.4 Å². The minimum Gasteiger partial charge on any atom is -0.491 e. The normalized spacial score (nSPS) is 11.2. The molecule has 136 valence electrons. The van der Waals surface area contributed by atoms with Crippen LogP contribution in [0.4, 0.5) is 10.5 Å².